The lowest BCUT2D eigenvalue weighted by Gasteiger charge is -2.11. The predicted octanol–water partition coefficient (Wildman–Crippen LogP) is 1.69. The normalized spacial score (nSPS) is 13.2. The lowest BCUT2D eigenvalue weighted by molar-refractivity contribution is 0.164. The lowest BCUT2D eigenvalue weighted by atomic mass is 10.2. The topological polar surface area (TPSA) is 38.0 Å². The van der Waals surface area contributed by atoms with Crippen LogP contribution in [0.2, 0.25) is 0 Å². The fraction of sp³-hybridized carbons (Fsp3) is 0.667. The monoisotopic (exact) mass is 200 g/mol. The molecule has 0 saturated heterocycles. The van der Waals surface area contributed by atoms with Gasteiger partial charge >= 0.3 is 0 Å². The van der Waals surface area contributed by atoms with Crippen LogP contribution in [0.15, 0.2) is 12.3 Å². The van der Waals surface area contributed by atoms with Crippen LogP contribution in [0, 0.1) is 0 Å². The van der Waals surface area contributed by atoms with Gasteiger partial charge in [-0.1, -0.05) is 0 Å². The second kappa shape index (κ2) is 5.29. The minimum atomic E-state index is -0.366. The van der Waals surface area contributed by atoms with Crippen molar-refractivity contribution in [2.24, 2.45) is 0 Å². The maximum absolute atomic E-state index is 9.78. The Bertz CT molecular complexity index is 250. The average molecular weight is 200 g/mol. The number of aliphatic hydroxyl groups excluding tert-OH is 1. The number of aliphatic hydroxyl groups is 1. The lowest BCUT2D eigenvalue weighted by Crippen LogP contribution is -2.08. The van der Waals surface area contributed by atoms with Gasteiger partial charge in [0.15, 0.2) is 0 Å². The summed E-state index contributed by atoms with van der Waals surface area (Å²) in [4.78, 5) is 0. The number of rotatable bonds is 5. The highest BCUT2D eigenvalue weighted by molar-refractivity contribution is 7.98. The summed E-state index contributed by atoms with van der Waals surface area (Å²) in [6.45, 7) is 2.84. The maximum Gasteiger partial charge on any atom is 0.0964 e. The third kappa shape index (κ3) is 2.74. The fourth-order valence-corrected chi connectivity index (χ4v) is 1.73. The van der Waals surface area contributed by atoms with E-state index in [2.05, 4.69) is 5.10 Å². The molecular formula is C9H16N2OS. The zero-order valence-corrected chi connectivity index (χ0v) is 8.92. The predicted molar refractivity (Wildman–Crippen MR) is 55.9 cm³/mol. The second-order valence-corrected chi connectivity index (χ2v) is 3.85. The number of hydrogen-bond acceptors (Lipinski definition) is 3. The van der Waals surface area contributed by atoms with Crippen molar-refractivity contribution in [2.45, 2.75) is 26.0 Å². The summed E-state index contributed by atoms with van der Waals surface area (Å²) >= 11 is 1.75. The molecule has 0 radical (unpaired) electrons. The third-order valence-electron chi connectivity index (χ3n) is 1.99. The molecule has 3 nitrogen and oxygen atoms in total. The molecule has 1 aromatic heterocycles. The van der Waals surface area contributed by atoms with E-state index in [1.165, 1.54) is 0 Å². The first-order valence-corrected chi connectivity index (χ1v) is 5.87. The Labute approximate surface area is 83.1 Å². The number of thioether (sulfide) groups is 1. The Morgan fingerprint density at radius 2 is 2.46 bits per heavy atom. The van der Waals surface area contributed by atoms with E-state index in [0.717, 1.165) is 24.4 Å². The highest BCUT2D eigenvalue weighted by atomic mass is 32.2. The largest absolute Gasteiger partial charge is 0.387 e. The van der Waals surface area contributed by atoms with E-state index in [1.807, 2.05) is 23.9 Å². The smallest absolute Gasteiger partial charge is 0.0964 e. The van der Waals surface area contributed by atoms with Crippen LogP contribution in [0.4, 0.5) is 0 Å². The van der Waals surface area contributed by atoms with Crippen molar-refractivity contribution in [2.75, 3.05) is 12.0 Å². The van der Waals surface area contributed by atoms with Crippen LogP contribution in [0.5, 0.6) is 0 Å². The molecular weight excluding hydrogens is 184 g/mol. The van der Waals surface area contributed by atoms with Gasteiger partial charge in [0.1, 0.15) is 0 Å². The second-order valence-electron chi connectivity index (χ2n) is 2.87. The molecule has 1 heterocycles. The van der Waals surface area contributed by atoms with Crippen LogP contribution in [0.3, 0.4) is 0 Å². The van der Waals surface area contributed by atoms with Gasteiger partial charge in [-0.2, -0.15) is 16.9 Å². The highest BCUT2D eigenvalue weighted by Gasteiger charge is 2.11. The molecule has 0 fully saturated rings. The van der Waals surface area contributed by atoms with Crippen molar-refractivity contribution in [1.29, 1.82) is 0 Å². The van der Waals surface area contributed by atoms with Crippen molar-refractivity contribution in [1.82, 2.24) is 9.78 Å². The van der Waals surface area contributed by atoms with Crippen molar-refractivity contribution in [3.63, 3.8) is 0 Å². The number of nitrogens with zero attached hydrogens (tertiary/aromatic N) is 2. The number of hydrogen-bond donors (Lipinski definition) is 1. The molecule has 0 saturated carbocycles. The van der Waals surface area contributed by atoms with Crippen LogP contribution < -0.4 is 0 Å². The van der Waals surface area contributed by atoms with Gasteiger partial charge in [0.2, 0.25) is 0 Å². The van der Waals surface area contributed by atoms with Crippen molar-refractivity contribution in [3.8, 4) is 0 Å². The van der Waals surface area contributed by atoms with Gasteiger partial charge in [-0.05, 0) is 31.4 Å². The summed E-state index contributed by atoms with van der Waals surface area (Å²) in [5.41, 5.74) is 0.927. The SMILES string of the molecule is CCn1nccc1C(O)CCSC. The molecule has 1 rings (SSSR count). The van der Waals surface area contributed by atoms with Crippen molar-refractivity contribution < 1.29 is 5.11 Å². The first kappa shape index (κ1) is 10.6. The molecule has 1 atom stereocenters. The van der Waals surface area contributed by atoms with E-state index in [0.29, 0.717) is 0 Å². The zero-order valence-electron chi connectivity index (χ0n) is 8.10. The summed E-state index contributed by atoms with van der Waals surface area (Å²) < 4.78 is 1.84. The molecule has 13 heavy (non-hydrogen) atoms. The fourth-order valence-electron chi connectivity index (χ4n) is 1.27. The minimum absolute atomic E-state index is 0.366. The van der Waals surface area contributed by atoms with E-state index < -0.39 is 0 Å². The molecule has 74 valence electrons. The van der Waals surface area contributed by atoms with Gasteiger partial charge in [0.25, 0.3) is 0 Å². The van der Waals surface area contributed by atoms with Gasteiger partial charge in [-0.3, -0.25) is 4.68 Å². The van der Waals surface area contributed by atoms with Gasteiger partial charge < -0.3 is 5.11 Å². The van der Waals surface area contributed by atoms with E-state index in [4.69, 9.17) is 0 Å². The average Bonchev–Trinajstić information content (AvgIpc) is 2.61. The van der Waals surface area contributed by atoms with Gasteiger partial charge in [0.05, 0.1) is 11.8 Å². The van der Waals surface area contributed by atoms with E-state index in [-0.39, 0.29) is 6.10 Å². The minimum Gasteiger partial charge on any atom is -0.387 e. The summed E-state index contributed by atoms with van der Waals surface area (Å²) in [6, 6.07) is 1.88. The Kier molecular flexibility index (Phi) is 4.32. The quantitative estimate of drug-likeness (QED) is 0.786. The molecule has 1 unspecified atom stereocenters. The van der Waals surface area contributed by atoms with Crippen LogP contribution in [-0.4, -0.2) is 26.9 Å². The zero-order chi connectivity index (χ0) is 9.68. The Hall–Kier alpha value is -0.480. The van der Waals surface area contributed by atoms with Crippen molar-refractivity contribution in [3.05, 3.63) is 18.0 Å². The van der Waals surface area contributed by atoms with E-state index in [1.54, 1.807) is 18.0 Å². The first-order valence-electron chi connectivity index (χ1n) is 4.48. The van der Waals surface area contributed by atoms with Gasteiger partial charge in [-0.25, -0.2) is 0 Å². The highest BCUT2D eigenvalue weighted by Crippen LogP contribution is 2.17. The Balaban J connectivity index is 2.59. The third-order valence-corrected chi connectivity index (χ3v) is 2.63. The summed E-state index contributed by atoms with van der Waals surface area (Å²) in [5.74, 6) is 0.982. The number of aromatic nitrogens is 2. The van der Waals surface area contributed by atoms with Crippen LogP contribution >= 0.6 is 11.8 Å². The van der Waals surface area contributed by atoms with Crippen molar-refractivity contribution >= 4 is 11.8 Å². The summed E-state index contributed by atoms with van der Waals surface area (Å²) in [5, 5.41) is 13.9. The molecule has 0 aromatic carbocycles. The van der Waals surface area contributed by atoms with Gasteiger partial charge in [0, 0.05) is 12.7 Å². The number of aryl methyl sites for hydroxylation is 1. The molecule has 0 aliphatic heterocycles. The molecule has 0 aliphatic rings. The molecule has 0 aliphatic carbocycles. The van der Waals surface area contributed by atoms with Gasteiger partial charge in [-0.15, -0.1) is 0 Å². The van der Waals surface area contributed by atoms with E-state index in [9.17, 15) is 5.11 Å². The maximum atomic E-state index is 9.78. The van der Waals surface area contributed by atoms with Crippen LogP contribution in [0.1, 0.15) is 25.1 Å². The first-order chi connectivity index (χ1) is 6.29. The van der Waals surface area contributed by atoms with E-state index >= 15 is 0 Å². The summed E-state index contributed by atoms with van der Waals surface area (Å²) in [6.07, 6.45) is 4.22. The van der Waals surface area contributed by atoms with Crippen LogP contribution in [0.25, 0.3) is 0 Å². The summed E-state index contributed by atoms with van der Waals surface area (Å²) in [7, 11) is 0. The van der Waals surface area contributed by atoms with Crippen LogP contribution in [-0.2, 0) is 6.54 Å². The molecule has 4 heteroatoms. The molecule has 1 N–H and O–H groups in total. The molecule has 1 aromatic rings. The molecule has 0 spiro atoms. The molecule has 0 bridgehead atoms. The Morgan fingerprint density at radius 3 is 3.08 bits per heavy atom. The standard InChI is InChI=1S/C9H16N2OS/c1-3-11-8(4-6-10-11)9(12)5-7-13-2/h4,6,9,12H,3,5,7H2,1-2H3. The Morgan fingerprint density at radius 1 is 1.69 bits per heavy atom. The molecule has 0 amide bonds.